The molecule has 0 aliphatic carbocycles. The first-order valence-electron chi connectivity index (χ1n) is 7.67. The molecule has 2 rings (SSSR count). The number of halogens is 1. The van der Waals surface area contributed by atoms with Crippen molar-refractivity contribution in [1.29, 1.82) is 0 Å². The van der Waals surface area contributed by atoms with E-state index in [4.69, 9.17) is 0 Å². The van der Waals surface area contributed by atoms with Gasteiger partial charge in [0.1, 0.15) is 0 Å². The first kappa shape index (κ1) is 18.2. The number of hydrogen-bond donors (Lipinski definition) is 1. The van der Waals surface area contributed by atoms with E-state index in [1.165, 1.54) is 0 Å². The van der Waals surface area contributed by atoms with Crippen LogP contribution in [0.3, 0.4) is 0 Å². The van der Waals surface area contributed by atoms with Crippen molar-refractivity contribution in [1.82, 2.24) is 0 Å². The van der Waals surface area contributed by atoms with Gasteiger partial charge in [-0.3, -0.25) is 4.79 Å². The fourth-order valence-corrected chi connectivity index (χ4v) is 2.73. The highest BCUT2D eigenvalue weighted by atomic mass is 79.9. The first-order chi connectivity index (χ1) is 11.3. The Bertz CT molecular complexity index is 741. The van der Waals surface area contributed by atoms with Gasteiger partial charge in [0.05, 0.1) is 0 Å². The second-order valence-electron chi connectivity index (χ2n) is 5.92. The standard InChI is InChI=1S/C19H20BrNO3/c1-12-3-6-14(7-4-12)9-15(19(23)24)10-18(22)21-16-8-5-13(2)17(20)11-16/h3-8,11,15H,9-10H2,1-2H3,(H,21,22)(H,23,24)/p-1/t15-/m0/s1. The zero-order chi connectivity index (χ0) is 17.7. The lowest BCUT2D eigenvalue weighted by Gasteiger charge is -2.18. The molecule has 126 valence electrons. The highest BCUT2D eigenvalue weighted by Gasteiger charge is 2.16. The van der Waals surface area contributed by atoms with E-state index in [-0.39, 0.29) is 18.7 Å². The van der Waals surface area contributed by atoms with Gasteiger partial charge in [-0.25, -0.2) is 0 Å². The third-order valence-electron chi connectivity index (χ3n) is 3.82. The average Bonchev–Trinajstić information content (AvgIpc) is 2.52. The molecule has 0 spiro atoms. The number of rotatable bonds is 6. The molecule has 0 bridgehead atoms. The van der Waals surface area contributed by atoms with Crippen LogP contribution in [-0.2, 0) is 16.0 Å². The molecule has 1 amide bonds. The van der Waals surface area contributed by atoms with Crippen molar-refractivity contribution in [3.8, 4) is 0 Å². The number of carboxylic acid groups (broad SMARTS) is 1. The summed E-state index contributed by atoms with van der Waals surface area (Å²) in [6.07, 6.45) is 0.148. The SMILES string of the molecule is Cc1ccc(C[C@@H](CC(=O)Nc2ccc(C)c(Br)c2)C(=O)[O-])cc1. The summed E-state index contributed by atoms with van der Waals surface area (Å²) < 4.78 is 0.886. The smallest absolute Gasteiger partial charge is 0.225 e. The summed E-state index contributed by atoms with van der Waals surface area (Å²) in [5.41, 5.74) is 3.66. The Morgan fingerprint density at radius 1 is 1.12 bits per heavy atom. The van der Waals surface area contributed by atoms with Gasteiger partial charge in [0.15, 0.2) is 0 Å². The predicted molar refractivity (Wildman–Crippen MR) is 95.5 cm³/mol. The van der Waals surface area contributed by atoms with Crippen molar-refractivity contribution < 1.29 is 14.7 Å². The lowest BCUT2D eigenvalue weighted by molar-refractivity contribution is -0.311. The minimum Gasteiger partial charge on any atom is -0.550 e. The van der Waals surface area contributed by atoms with Crippen molar-refractivity contribution in [3.05, 3.63) is 63.6 Å². The Morgan fingerprint density at radius 3 is 2.38 bits per heavy atom. The second-order valence-corrected chi connectivity index (χ2v) is 6.78. The van der Waals surface area contributed by atoms with Gasteiger partial charge in [-0.05, 0) is 43.5 Å². The van der Waals surface area contributed by atoms with E-state index in [0.29, 0.717) is 5.69 Å². The minimum atomic E-state index is -1.21. The van der Waals surface area contributed by atoms with Crippen LogP contribution in [0.1, 0.15) is 23.1 Å². The van der Waals surface area contributed by atoms with Crippen LogP contribution >= 0.6 is 15.9 Å². The fraction of sp³-hybridized carbons (Fsp3) is 0.263. The molecule has 0 aliphatic heterocycles. The van der Waals surface area contributed by atoms with Crippen LogP contribution in [0.5, 0.6) is 0 Å². The van der Waals surface area contributed by atoms with Crippen LogP contribution in [0, 0.1) is 19.8 Å². The number of carbonyl (C=O) groups is 2. The minimum absolute atomic E-state index is 0.123. The summed E-state index contributed by atoms with van der Waals surface area (Å²) >= 11 is 3.40. The van der Waals surface area contributed by atoms with Crippen molar-refractivity contribution in [3.63, 3.8) is 0 Å². The largest absolute Gasteiger partial charge is 0.550 e. The van der Waals surface area contributed by atoms with Gasteiger partial charge >= 0.3 is 0 Å². The van der Waals surface area contributed by atoms with Crippen LogP contribution < -0.4 is 10.4 Å². The second kappa shape index (κ2) is 8.11. The van der Waals surface area contributed by atoms with Gasteiger partial charge in [-0.15, -0.1) is 0 Å². The Morgan fingerprint density at radius 2 is 1.79 bits per heavy atom. The molecule has 24 heavy (non-hydrogen) atoms. The van der Waals surface area contributed by atoms with Gasteiger partial charge in [-0.2, -0.15) is 0 Å². The van der Waals surface area contributed by atoms with E-state index >= 15 is 0 Å². The van der Waals surface area contributed by atoms with Crippen LogP contribution in [0.15, 0.2) is 46.9 Å². The van der Waals surface area contributed by atoms with Gasteiger partial charge < -0.3 is 15.2 Å². The summed E-state index contributed by atoms with van der Waals surface area (Å²) in [5, 5.41) is 14.1. The molecular weight excluding hydrogens is 370 g/mol. The van der Waals surface area contributed by atoms with Crippen molar-refractivity contribution in [2.24, 2.45) is 5.92 Å². The Hall–Kier alpha value is -2.14. The number of benzene rings is 2. The molecule has 0 saturated carbocycles. The molecule has 1 atom stereocenters. The van der Waals surface area contributed by atoms with Crippen LogP contribution in [-0.4, -0.2) is 11.9 Å². The molecule has 2 aromatic rings. The molecule has 1 N–H and O–H groups in total. The maximum Gasteiger partial charge on any atom is 0.225 e. The molecule has 0 fully saturated rings. The number of aliphatic carboxylic acids is 1. The lowest BCUT2D eigenvalue weighted by atomic mass is 9.95. The lowest BCUT2D eigenvalue weighted by Crippen LogP contribution is -2.35. The van der Waals surface area contributed by atoms with E-state index in [2.05, 4.69) is 21.2 Å². The number of nitrogens with one attached hydrogen (secondary N) is 1. The highest BCUT2D eigenvalue weighted by molar-refractivity contribution is 9.10. The summed E-state index contributed by atoms with van der Waals surface area (Å²) in [7, 11) is 0. The van der Waals surface area contributed by atoms with Crippen LogP contribution in [0.2, 0.25) is 0 Å². The van der Waals surface area contributed by atoms with Crippen LogP contribution in [0.25, 0.3) is 0 Å². The summed E-state index contributed by atoms with van der Waals surface area (Å²) in [6, 6.07) is 13.0. The molecule has 4 nitrogen and oxygen atoms in total. The molecule has 5 heteroatoms. The van der Waals surface area contributed by atoms with Gasteiger partial charge in [-0.1, -0.05) is 51.8 Å². The van der Waals surface area contributed by atoms with Crippen molar-refractivity contribution in [2.75, 3.05) is 5.32 Å². The molecular formula is C19H19BrNO3-. The molecule has 0 radical (unpaired) electrons. The average molecular weight is 389 g/mol. The number of hydrogen-bond acceptors (Lipinski definition) is 3. The number of carboxylic acids is 1. The summed E-state index contributed by atoms with van der Waals surface area (Å²) in [6.45, 7) is 3.91. The number of anilines is 1. The maximum atomic E-state index is 12.2. The van der Waals surface area contributed by atoms with Crippen LogP contribution in [0.4, 0.5) is 5.69 Å². The number of carbonyl (C=O) groups excluding carboxylic acids is 2. The van der Waals surface area contributed by atoms with E-state index in [1.807, 2.05) is 44.2 Å². The van der Waals surface area contributed by atoms with Crippen molar-refractivity contribution in [2.45, 2.75) is 26.7 Å². The topological polar surface area (TPSA) is 69.2 Å². The van der Waals surface area contributed by atoms with E-state index in [0.717, 1.165) is 21.2 Å². The molecule has 0 aliphatic rings. The molecule has 0 saturated heterocycles. The summed E-state index contributed by atoms with van der Waals surface area (Å²) in [5.74, 6) is -2.41. The van der Waals surface area contributed by atoms with E-state index in [9.17, 15) is 14.7 Å². The molecule has 0 unspecified atom stereocenters. The third-order valence-corrected chi connectivity index (χ3v) is 4.68. The Kier molecular flexibility index (Phi) is 6.15. The molecule has 0 heterocycles. The first-order valence-corrected chi connectivity index (χ1v) is 8.47. The number of amides is 1. The molecule has 2 aromatic carbocycles. The molecule has 0 aromatic heterocycles. The summed E-state index contributed by atoms with van der Waals surface area (Å²) in [4.78, 5) is 23.5. The number of aryl methyl sites for hydroxylation is 2. The quantitative estimate of drug-likeness (QED) is 0.826. The third kappa shape index (κ3) is 5.20. The zero-order valence-electron chi connectivity index (χ0n) is 13.6. The monoisotopic (exact) mass is 388 g/mol. The fourth-order valence-electron chi connectivity index (χ4n) is 2.35. The van der Waals surface area contributed by atoms with Gasteiger partial charge in [0.25, 0.3) is 0 Å². The van der Waals surface area contributed by atoms with Gasteiger partial charge in [0.2, 0.25) is 5.91 Å². The predicted octanol–water partition coefficient (Wildman–Crippen LogP) is 3.00. The maximum absolute atomic E-state index is 12.2. The normalized spacial score (nSPS) is 11.8. The zero-order valence-corrected chi connectivity index (χ0v) is 15.2. The Labute approximate surface area is 150 Å². The van der Waals surface area contributed by atoms with Gasteiger partial charge in [0, 0.05) is 28.5 Å². The van der Waals surface area contributed by atoms with E-state index in [1.54, 1.807) is 12.1 Å². The Balaban J connectivity index is 2.01. The van der Waals surface area contributed by atoms with E-state index < -0.39 is 11.9 Å². The highest BCUT2D eigenvalue weighted by Crippen LogP contribution is 2.21. The van der Waals surface area contributed by atoms with Crippen molar-refractivity contribution >= 4 is 33.5 Å².